The largest absolute Gasteiger partial charge is 0.444 e. The topological polar surface area (TPSA) is 75.3 Å². The molecule has 0 aromatic heterocycles. The second-order valence-corrected chi connectivity index (χ2v) is 10.4. The Morgan fingerprint density at radius 3 is 2.45 bits per heavy atom. The lowest BCUT2D eigenvalue weighted by Crippen LogP contribution is -2.55. The lowest BCUT2D eigenvalue weighted by Gasteiger charge is -2.42. The van der Waals surface area contributed by atoms with Crippen LogP contribution in [-0.4, -0.2) is 85.5 Å². The van der Waals surface area contributed by atoms with Gasteiger partial charge in [-0.1, -0.05) is 6.42 Å². The SMILES string of the molecule is CC(C)(C)OC(=O)N1CCC(C2NOC(C3CCCC(N4CCOCC4)C3F)N2)CC1. The first kappa shape index (κ1) is 23.2. The maximum Gasteiger partial charge on any atom is 0.410 e. The molecule has 5 atom stereocenters. The number of alkyl halides is 1. The summed E-state index contributed by atoms with van der Waals surface area (Å²) in [6, 6.07) is -0.0378. The third-order valence-corrected chi connectivity index (χ3v) is 7.05. The van der Waals surface area contributed by atoms with Crippen LogP contribution in [0, 0.1) is 11.8 Å². The molecular weight excluding hydrogens is 403 g/mol. The maximum atomic E-state index is 15.5. The molecule has 3 aliphatic heterocycles. The van der Waals surface area contributed by atoms with Crippen LogP contribution < -0.4 is 10.8 Å². The Bertz CT molecular complexity index is 605. The highest BCUT2D eigenvalue weighted by atomic mass is 19.1. The Morgan fingerprint density at radius 2 is 1.77 bits per heavy atom. The number of piperidine rings is 1. The molecule has 4 aliphatic rings. The Balaban J connectivity index is 1.26. The molecule has 9 heteroatoms. The Morgan fingerprint density at radius 1 is 1.06 bits per heavy atom. The Kier molecular flexibility index (Phi) is 7.37. The zero-order chi connectivity index (χ0) is 22.0. The van der Waals surface area contributed by atoms with Crippen molar-refractivity contribution in [3.05, 3.63) is 0 Å². The van der Waals surface area contributed by atoms with Crippen molar-refractivity contribution in [1.29, 1.82) is 0 Å². The molecule has 4 fully saturated rings. The molecular formula is C22H39FN4O4. The summed E-state index contributed by atoms with van der Waals surface area (Å²) < 4.78 is 26.4. The quantitative estimate of drug-likeness (QED) is 0.694. The van der Waals surface area contributed by atoms with Gasteiger partial charge in [-0.25, -0.2) is 9.18 Å². The smallest absolute Gasteiger partial charge is 0.410 e. The number of hydrogen-bond acceptors (Lipinski definition) is 7. The van der Waals surface area contributed by atoms with Gasteiger partial charge in [-0.05, 0) is 52.4 Å². The van der Waals surface area contributed by atoms with Gasteiger partial charge in [-0.15, -0.1) is 0 Å². The minimum absolute atomic E-state index is 0.0123. The minimum Gasteiger partial charge on any atom is -0.444 e. The van der Waals surface area contributed by atoms with Crippen LogP contribution in [0.2, 0.25) is 0 Å². The van der Waals surface area contributed by atoms with Crippen molar-refractivity contribution in [2.75, 3.05) is 39.4 Å². The Hall–Kier alpha value is -1.00. The van der Waals surface area contributed by atoms with Gasteiger partial charge >= 0.3 is 6.09 Å². The fourth-order valence-electron chi connectivity index (χ4n) is 5.35. The molecule has 0 radical (unpaired) electrons. The van der Waals surface area contributed by atoms with E-state index in [1.807, 2.05) is 20.8 Å². The van der Waals surface area contributed by atoms with Crippen molar-refractivity contribution in [2.45, 2.75) is 83.1 Å². The number of amides is 1. The molecule has 8 nitrogen and oxygen atoms in total. The van der Waals surface area contributed by atoms with Gasteiger partial charge in [0.1, 0.15) is 18.0 Å². The number of rotatable bonds is 3. The number of nitrogens with zero attached hydrogens (tertiary/aromatic N) is 2. The van der Waals surface area contributed by atoms with E-state index in [9.17, 15) is 4.79 Å². The van der Waals surface area contributed by atoms with E-state index in [0.717, 1.165) is 45.2 Å². The van der Waals surface area contributed by atoms with E-state index < -0.39 is 11.8 Å². The third-order valence-electron chi connectivity index (χ3n) is 7.05. The van der Waals surface area contributed by atoms with Gasteiger partial charge in [0.2, 0.25) is 0 Å². The molecule has 2 N–H and O–H groups in total. The molecule has 1 saturated carbocycles. The average Bonchev–Trinajstić information content (AvgIpc) is 3.23. The predicted molar refractivity (Wildman–Crippen MR) is 114 cm³/mol. The Labute approximate surface area is 185 Å². The van der Waals surface area contributed by atoms with E-state index in [-0.39, 0.29) is 30.4 Å². The number of carbonyl (C=O) groups excluding carboxylic acids is 1. The lowest BCUT2D eigenvalue weighted by molar-refractivity contribution is -0.0799. The van der Waals surface area contributed by atoms with Crippen molar-refractivity contribution in [2.24, 2.45) is 11.8 Å². The number of nitrogens with one attached hydrogen (secondary N) is 2. The zero-order valence-electron chi connectivity index (χ0n) is 19.1. The summed E-state index contributed by atoms with van der Waals surface area (Å²) in [7, 11) is 0. The van der Waals surface area contributed by atoms with Gasteiger partial charge in [0.05, 0.1) is 19.4 Å². The van der Waals surface area contributed by atoms with Crippen molar-refractivity contribution in [3.8, 4) is 0 Å². The van der Waals surface area contributed by atoms with Crippen LogP contribution in [0.1, 0.15) is 52.9 Å². The molecule has 0 aromatic carbocycles. The first-order valence-corrected chi connectivity index (χ1v) is 11.9. The highest BCUT2D eigenvalue weighted by molar-refractivity contribution is 5.68. The van der Waals surface area contributed by atoms with Gasteiger partial charge in [0, 0.05) is 38.1 Å². The molecule has 1 aliphatic carbocycles. The van der Waals surface area contributed by atoms with E-state index in [4.69, 9.17) is 14.3 Å². The summed E-state index contributed by atoms with van der Waals surface area (Å²) >= 11 is 0. The number of ether oxygens (including phenoxy) is 2. The molecule has 5 unspecified atom stereocenters. The number of hydroxylamine groups is 1. The third kappa shape index (κ3) is 5.68. The van der Waals surface area contributed by atoms with Crippen LogP contribution in [0.5, 0.6) is 0 Å². The highest BCUT2D eigenvalue weighted by Gasteiger charge is 2.45. The van der Waals surface area contributed by atoms with Crippen LogP contribution >= 0.6 is 0 Å². The fourth-order valence-corrected chi connectivity index (χ4v) is 5.35. The molecule has 0 aromatic rings. The summed E-state index contributed by atoms with van der Waals surface area (Å²) in [5.41, 5.74) is 2.64. The number of hydrogen-bond donors (Lipinski definition) is 2. The van der Waals surface area contributed by atoms with Crippen molar-refractivity contribution < 1.29 is 23.5 Å². The van der Waals surface area contributed by atoms with E-state index in [0.29, 0.717) is 32.2 Å². The standard InChI is InChI=1S/C22H39FN4O4/c1-22(2,3)30-21(28)27-9-7-15(8-10-27)19-24-20(31-25-19)16-5-4-6-17(18(16)23)26-11-13-29-14-12-26/h15-20,24-25H,4-14H2,1-3H3. The van der Waals surface area contributed by atoms with Crippen LogP contribution in [-0.2, 0) is 14.3 Å². The maximum absolute atomic E-state index is 15.5. The highest BCUT2D eigenvalue weighted by Crippen LogP contribution is 2.35. The van der Waals surface area contributed by atoms with E-state index in [1.165, 1.54) is 0 Å². The second-order valence-electron chi connectivity index (χ2n) is 10.4. The summed E-state index contributed by atoms with van der Waals surface area (Å²) in [6.07, 6.45) is 3.01. The zero-order valence-corrected chi connectivity index (χ0v) is 19.1. The van der Waals surface area contributed by atoms with Gasteiger partial charge in [0.25, 0.3) is 0 Å². The molecule has 31 heavy (non-hydrogen) atoms. The summed E-state index contributed by atoms with van der Waals surface area (Å²) in [4.78, 5) is 22.2. The lowest BCUT2D eigenvalue weighted by atomic mass is 9.81. The number of carbonyl (C=O) groups is 1. The molecule has 3 saturated heterocycles. The van der Waals surface area contributed by atoms with Crippen LogP contribution in [0.3, 0.4) is 0 Å². The first-order valence-electron chi connectivity index (χ1n) is 11.9. The molecule has 0 bridgehead atoms. The van der Waals surface area contributed by atoms with E-state index in [1.54, 1.807) is 4.90 Å². The average molecular weight is 443 g/mol. The van der Waals surface area contributed by atoms with Gasteiger partial charge in [-0.2, -0.15) is 5.48 Å². The number of likely N-dealkylation sites (tertiary alicyclic amines) is 1. The molecule has 178 valence electrons. The number of morpholine rings is 1. The molecule has 4 rings (SSSR count). The predicted octanol–water partition coefficient (Wildman–Crippen LogP) is 2.25. The molecule has 3 heterocycles. The summed E-state index contributed by atoms with van der Waals surface area (Å²) in [6.45, 7) is 9.99. The molecule has 0 spiro atoms. The van der Waals surface area contributed by atoms with Crippen molar-refractivity contribution in [3.63, 3.8) is 0 Å². The second kappa shape index (κ2) is 9.87. The summed E-state index contributed by atoms with van der Waals surface area (Å²) in [5.74, 6) is 0.182. The van der Waals surface area contributed by atoms with Crippen LogP contribution in [0.4, 0.5) is 9.18 Å². The normalized spacial score (nSPS) is 36.5. The molecule has 1 amide bonds. The van der Waals surface area contributed by atoms with Crippen LogP contribution in [0.15, 0.2) is 0 Å². The van der Waals surface area contributed by atoms with Gasteiger partial charge in [-0.3, -0.25) is 15.1 Å². The number of halogens is 1. The van der Waals surface area contributed by atoms with Crippen molar-refractivity contribution in [1.82, 2.24) is 20.6 Å². The van der Waals surface area contributed by atoms with Crippen LogP contribution in [0.25, 0.3) is 0 Å². The van der Waals surface area contributed by atoms with Gasteiger partial charge in [0.15, 0.2) is 0 Å². The van der Waals surface area contributed by atoms with Crippen molar-refractivity contribution >= 4 is 6.09 Å². The van der Waals surface area contributed by atoms with E-state index >= 15 is 4.39 Å². The monoisotopic (exact) mass is 442 g/mol. The summed E-state index contributed by atoms with van der Waals surface area (Å²) in [5, 5.41) is 3.52. The van der Waals surface area contributed by atoms with E-state index in [2.05, 4.69) is 15.7 Å². The first-order chi connectivity index (χ1) is 14.8. The van der Waals surface area contributed by atoms with Gasteiger partial charge < -0.3 is 14.4 Å². The fraction of sp³-hybridized carbons (Fsp3) is 0.955. The minimum atomic E-state index is -0.904.